The van der Waals surface area contributed by atoms with Gasteiger partial charge in [0.05, 0.1) is 0 Å². The Morgan fingerprint density at radius 3 is 2.44 bits per heavy atom. The van der Waals surface area contributed by atoms with E-state index in [1.807, 2.05) is 38.1 Å². The van der Waals surface area contributed by atoms with Crippen molar-refractivity contribution in [2.24, 2.45) is 0 Å². The summed E-state index contributed by atoms with van der Waals surface area (Å²) in [5.74, 6) is 0.432. The van der Waals surface area contributed by atoms with E-state index >= 15 is 0 Å². The molecular weight excluding hydrogens is 342 g/mol. The fourth-order valence-corrected chi connectivity index (χ4v) is 2.80. The molecule has 0 fully saturated rings. The van der Waals surface area contributed by atoms with Gasteiger partial charge in [-0.2, -0.15) is 0 Å². The number of amides is 2. The monoisotopic (exact) mass is 363 g/mol. The Morgan fingerprint density at radius 2 is 1.78 bits per heavy atom. The molecule has 0 spiro atoms. The molecule has 6 heteroatoms. The number of aryl methyl sites for hydroxylation is 2. The topological polar surface area (TPSA) is 75.4 Å². The number of hydrogen-bond acceptors (Lipinski definition) is 4. The molecule has 0 aliphatic heterocycles. The maximum atomic E-state index is 13.0. The molecule has 0 bridgehead atoms. The number of nitrogens with zero attached hydrogens (tertiary/aromatic N) is 2. The molecule has 1 aromatic heterocycles. The molecule has 0 saturated carbocycles. The molecule has 1 heterocycles. The summed E-state index contributed by atoms with van der Waals surface area (Å²) in [6.07, 6.45) is 0. The summed E-state index contributed by atoms with van der Waals surface area (Å²) in [6.45, 7) is 6.17. The third-order valence-corrected chi connectivity index (χ3v) is 4.12. The minimum atomic E-state index is -0.350. The highest BCUT2D eigenvalue weighted by molar-refractivity contribution is 6.09. The Kier molecular flexibility index (Phi) is 5.35. The van der Waals surface area contributed by atoms with Crippen molar-refractivity contribution in [2.75, 3.05) is 16.8 Å². The van der Waals surface area contributed by atoms with E-state index in [-0.39, 0.29) is 11.8 Å². The van der Waals surface area contributed by atoms with Crippen molar-refractivity contribution in [2.45, 2.75) is 20.8 Å². The zero-order valence-corrected chi connectivity index (χ0v) is 15.5. The van der Waals surface area contributed by atoms with Crippen molar-refractivity contribution in [1.82, 2.24) is 5.16 Å². The largest absolute Gasteiger partial charge is 0.360 e. The van der Waals surface area contributed by atoms with Crippen LogP contribution in [-0.2, 0) is 0 Å². The number of hydrogen-bond donors (Lipinski definition) is 1. The van der Waals surface area contributed by atoms with Gasteiger partial charge in [0.15, 0.2) is 5.82 Å². The molecule has 3 rings (SSSR count). The molecule has 0 aliphatic rings. The summed E-state index contributed by atoms with van der Waals surface area (Å²) >= 11 is 0. The van der Waals surface area contributed by atoms with Gasteiger partial charge in [0.1, 0.15) is 5.76 Å². The number of anilines is 2. The molecule has 2 amide bonds. The Balaban J connectivity index is 1.83. The molecule has 138 valence electrons. The molecule has 2 aromatic carbocycles. The Labute approximate surface area is 157 Å². The van der Waals surface area contributed by atoms with Gasteiger partial charge in [0, 0.05) is 29.4 Å². The lowest BCUT2D eigenvalue weighted by atomic mass is 10.1. The van der Waals surface area contributed by atoms with E-state index in [0.717, 1.165) is 11.3 Å². The van der Waals surface area contributed by atoms with E-state index in [2.05, 4.69) is 10.5 Å². The summed E-state index contributed by atoms with van der Waals surface area (Å²) < 4.78 is 4.94. The van der Waals surface area contributed by atoms with Crippen LogP contribution >= 0.6 is 0 Å². The smallest absolute Gasteiger partial charge is 0.258 e. The van der Waals surface area contributed by atoms with E-state index in [1.165, 1.54) is 0 Å². The van der Waals surface area contributed by atoms with Crippen LogP contribution in [0.25, 0.3) is 0 Å². The zero-order chi connectivity index (χ0) is 19.4. The molecule has 27 heavy (non-hydrogen) atoms. The van der Waals surface area contributed by atoms with Crippen LogP contribution in [0.3, 0.4) is 0 Å². The van der Waals surface area contributed by atoms with Gasteiger partial charge >= 0.3 is 0 Å². The van der Waals surface area contributed by atoms with Gasteiger partial charge < -0.3 is 14.7 Å². The second-order valence-corrected chi connectivity index (χ2v) is 6.25. The molecule has 3 aromatic rings. The van der Waals surface area contributed by atoms with Crippen molar-refractivity contribution >= 4 is 23.3 Å². The van der Waals surface area contributed by atoms with Crippen LogP contribution < -0.4 is 10.2 Å². The van der Waals surface area contributed by atoms with E-state index in [4.69, 9.17) is 4.52 Å². The molecule has 0 radical (unpaired) electrons. The van der Waals surface area contributed by atoms with Crippen LogP contribution in [0, 0.1) is 13.8 Å². The summed E-state index contributed by atoms with van der Waals surface area (Å²) in [5.41, 5.74) is 2.73. The maximum absolute atomic E-state index is 13.0. The van der Waals surface area contributed by atoms with Gasteiger partial charge in [-0.1, -0.05) is 23.4 Å². The van der Waals surface area contributed by atoms with E-state index < -0.39 is 0 Å². The van der Waals surface area contributed by atoms with Crippen LogP contribution in [0.15, 0.2) is 59.1 Å². The number of carbonyl (C=O) groups is 2. The first kappa shape index (κ1) is 18.4. The molecule has 0 aliphatic carbocycles. The lowest BCUT2D eigenvalue weighted by Gasteiger charge is -2.21. The fourth-order valence-electron chi connectivity index (χ4n) is 2.80. The van der Waals surface area contributed by atoms with Gasteiger partial charge in [-0.25, -0.2) is 0 Å². The van der Waals surface area contributed by atoms with E-state index in [0.29, 0.717) is 29.2 Å². The second-order valence-electron chi connectivity index (χ2n) is 6.25. The predicted octanol–water partition coefficient (Wildman–Crippen LogP) is 4.21. The second kappa shape index (κ2) is 7.86. The van der Waals surface area contributed by atoms with E-state index in [1.54, 1.807) is 42.2 Å². The predicted molar refractivity (Wildman–Crippen MR) is 104 cm³/mol. The van der Waals surface area contributed by atoms with Gasteiger partial charge in [0.25, 0.3) is 11.8 Å². The zero-order valence-electron chi connectivity index (χ0n) is 15.5. The van der Waals surface area contributed by atoms with Gasteiger partial charge in [-0.15, -0.1) is 0 Å². The highest BCUT2D eigenvalue weighted by atomic mass is 16.5. The normalized spacial score (nSPS) is 10.5. The van der Waals surface area contributed by atoms with Crippen LogP contribution in [0.2, 0.25) is 0 Å². The molecular formula is C21H21N3O3. The number of aromatic nitrogens is 1. The Bertz CT molecular complexity index is 978. The van der Waals surface area contributed by atoms with Crippen LogP contribution in [0.1, 0.15) is 39.0 Å². The van der Waals surface area contributed by atoms with Crippen LogP contribution in [-0.4, -0.2) is 23.5 Å². The van der Waals surface area contributed by atoms with E-state index in [9.17, 15) is 9.59 Å². The van der Waals surface area contributed by atoms with Crippen molar-refractivity contribution < 1.29 is 14.1 Å². The molecule has 0 atom stereocenters. The van der Waals surface area contributed by atoms with Crippen LogP contribution in [0.4, 0.5) is 11.5 Å². The number of rotatable bonds is 5. The highest BCUT2D eigenvalue weighted by Crippen LogP contribution is 2.19. The molecule has 0 unspecified atom stereocenters. The average molecular weight is 363 g/mol. The summed E-state index contributed by atoms with van der Waals surface area (Å²) in [5, 5.41) is 6.40. The summed E-state index contributed by atoms with van der Waals surface area (Å²) in [6, 6.07) is 16.0. The van der Waals surface area contributed by atoms with Crippen molar-refractivity contribution in [1.29, 1.82) is 0 Å². The number of benzene rings is 2. The molecule has 0 saturated heterocycles. The number of carbonyl (C=O) groups excluding carboxylic acids is 2. The summed E-state index contributed by atoms with van der Waals surface area (Å²) in [7, 11) is 0. The minimum Gasteiger partial charge on any atom is -0.360 e. The maximum Gasteiger partial charge on any atom is 0.258 e. The minimum absolute atomic E-state index is 0.157. The lowest BCUT2D eigenvalue weighted by Crippen LogP contribution is -2.30. The van der Waals surface area contributed by atoms with Crippen LogP contribution in [0.5, 0.6) is 0 Å². The molecule has 1 N–H and O–H groups in total. The van der Waals surface area contributed by atoms with Gasteiger partial charge in [-0.05, 0) is 56.7 Å². The lowest BCUT2D eigenvalue weighted by molar-refractivity contribution is 0.0988. The van der Waals surface area contributed by atoms with Crippen molar-refractivity contribution in [3.63, 3.8) is 0 Å². The highest BCUT2D eigenvalue weighted by Gasteiger charge is 2.18. The van der Waals surface area contributed by atoms with Gasteiger partial charge in [-0.3, -0.25) is 9.59 Å². The average Bonchev–Trinajstić information content (AvgIpc) is 3.07. The Hall–Kier alpha value is -3.41. The SMILES string of the molecule is CCN(C(=O)c1cccc(C(=O)Nc2cc(C)on2)c1)c1cccc(C)c1. The first-order valence-corrected chi connectivity index (χ1v) is 8.71. The first-order valence-electron chi connectivity index (χ1n) is 8.71. The van der Waals surface area contributed by atoms with Crippen molar-refractivity contribution in [3.05, 3.63) is 77.0 Å². The number of nitrogens with one attached hydrogen (secondary N) is 1. The quantitative estimate of drug-likeness (QED) is 0.737. The third-order valence-electron chi connectivity index (χ3n) is 4.12. The van der Waals surface area contributed by atoms with Gasteiger partial charge in [0.2, 0.25) is 0 Å². The first-order chi connectivity index (χ1) is 13.0. The standard InChI is InChI=1S/C21H21N3O3/c1-4-24(18-10-5-7-14(2)11-18)21(26)17-9-6-8-16(13-17)20(25)22-19-12-15(3)27-23-19/h5-13H,4H2,1-3H3,(H,22,23,25). The van der Waals surface area contributed by atoms with Crippen molar-refractivity contribution in [3.8, 4) is 0 Å². The third kappa shape index (κ3) is 4.23. The molecule has 6 nitrogen and oxygen atoms in total. The summed E-state index contributed by atoms with van der Waals surface area (Å²) in [4.78, 5) is 27.1. The Morgan fingerprint density at radius 1 is 1.04 bits per heavy atom. The fraction of sp³-hybridized carbons (Fsp3) is 0.190.